The number of fused-ring (bicyclic) bond motifs is 1. The third kappa shape index (κ3) is 4.39. The smallest absolute Gasteiger partial charge is 0.341 e. The van der Waals surface area contributed by atoms with Crippen molar-refractivity contribution in [2.75, 3.05) is 11.9 Å². The minimum absolute atomic E-state index is 0.155. The van der Waals surface area contributed by atoms with Gasteiger partial charge in [-0.15, -0.1) is 11.3 Å². The van der Waals surface area contributed by atoms with Crippen LogP contribution < -0.4 is 5.32 Å². The van der Waals surface area contributed by atoms with Crippen LogP contribution in [0.3, 0.4) is 0 Å². The van der Waals surface area contributed by atoms with Gasteiger partial charge in [-0.05, 0) is 43.7 Å². The molecule has 7 nitrogen and oxygen atoms in total. The number of nitro groups is 1. The number of non-ortho nitro benzene ring substituents is 1. The van der Waals surface area contributed by atoms with E-state index in [1.54, 1.807) is 0 Å². The first-order valence-corrected chi connectivity index (χ1v) is 10.2. The lowest BCUT2D eigenvalue weighted by Gasteiger charge is -2.09. The fourth-order valence-electron chi connectivity index (χ4n) is 3.25. The Morgan fingerprint density at radius 3 is 2.79 bits per heavy atom. The molecule has 1 aliphatic rings. The second-order valence-electron chi connectivity index (χ2n) is 6.67. The Morgan fingerprint density at radius 1 is 1.25 bits per heavy atom. The van der Waals surface area contributed by atoms with E-state index in [1.165, 1.54) is 35.6 Å². The van der Waals surface area contributed by atoms with Crippen molar-refractivity contribution in [1.82, 2.24) is 0 Å². The van der Waals surface area contributed by atoms with Crippen LogP contribution in [0.25, 0.3) is 0 Å². The van der Waals surface area contributed by atoms with E-state index in [2.05, 4.69) is 5.32 Å². The van der Waals surface area contributed by atoms with Crippen LogP contribution in [-0.4, -0.2) is 23.4 Å². The molecule has 0 aliphatic heterocycles. The maximum atomic E-state index is 12.7. The van der Waals surface area contributed by atoms with E-state index in [-0.39, 0.29) is 11.3 Å². The van der Waals surface area contributed by atoms with Gasteiger partial charge in [0.05, 0.1) is 17.1 Å². The molecular formula is C20H22N2O5S. The number of nitrogens with zero attached hydrogens (tertiary/aromatic N) is 1. The summed E-state index contributed by atoms with van der Waals surface area (Å²) in [5, 5.41) is 14.2. The Kier molecular flexibility index (Phi) is 6.41. The lowest BCUT2D eigenvalue weighted by Crippen LogP contribution is -2.15. The quantitative estimate of drug-likeness (QED) is 0.325. The Hall–Kier alpha value is -2.74. The number of hydrogen-bond acceptors (Lipinski definition) is 6. The van der Waals surface area contributed by atoms with Gasteiger partial charge in [-0.25, -0.2) is 4.79 Å². The molecule has 1 aromatic carbocycles. The fraction of sp³-hybridized carbons (Fsp3) is 0.400. The second-order valence-corrected chi connectivity index (χ2v) is 7.77. The lowest BCUT2D eigenvalue weighted by atomic mass is 10.1. The van der Waals surface area contributed by atoms with Gasteiger partial charge < -0.3 is 10.1 Å². The maximum Gasteiger partial charge on any atom is 0.341 e. The van der Waals surface area contributed by atoms with Crippen molar-refractivity contribution in [3.05, 3.63) is 55.9 Å². The third-order valence-corrected chi connectivity index (χ3v) is 5.82. The molecular weight excluding hydrogens is 380 g/mol. The van der Waals surface area contributed by atoms with Crippen LogP contribution in [0, 0.1) is 10.1 Å². The molecule has 0 unspecified atom stereocenters. The minimum Gasteiger partial charge on any atom is -0.462 e. The molecule has 28 heavy (non-hydrogen) atoms. The summed E-state index contributed by atoms with van der Waals surface area (Å²) < 4.78 is 5.35. The summed E-state index contributed by atoms with van der Waals surface area (Å²) in [6.45, 7) is 2.24. The number of esters is 1. The standard InChI is InChI=1S/C20H22N2O5S/c1-2-11-27-20(24)17-15-9-4-3-5-10-16(15)28-19(17)21-18(23)13-7-6-8-14(12-13)22(25)26/h6-8,12H,2-5,9-11H2,1H3,(H,21,23). The number of benzene rings is 1. The van der Waals surface area contributed by atoms with Crippen molar-refractivity contribution in [3.8, 4) is 0 Å². The first kappa shape index (κ1) is 20.0. The first-order chi connectivity index (χ1) is 13.5. The van der Waals surface area contributed by atoms with E-state index < -0.39 is 16.8 Å². The Morgan fingerprint density at radius 2 is 2.04 bits per heavy atom. The first-order valence-electron chi connectivity index (χ1n) is 9.38. The number of nitro benzene ring substituents is 1. The van der Waals surface area contributed by atoms with E-state index in [0.29, 0.717) is 23.6 Å². The molecule has 8 heteroatoms. The number of nitrogens with one attached hydrogen (secondary N) is 1. The van der Waals surface area contributed by atoms with Gasteiger partial charge >= 0.3 is 5.97 Å². The summed E-state index contributed by atoms with van der Waals surface area (Å²) >= 11 is 1.40. The van der Waals surface area contributed by atoms with Gasteiger partial charge in [0.15, 0.2) is 0 Å². The van der Waals surface area contributed by atoms with Crippen LogP contribution in [0.15, 0.2) is 24.3 Å². The highest BCUT2D eigenvalue weighted by atomic mass is 32.1. The highest BCUT2D eigenvalue weighted by Gasteiger charge is 2.27. The van der Waals surface area contributed by atoms with Crippen molar-refractivity contribution in [3.63, 3.8) is 0 Å². The molecule has 148 valence electrons. The molecule has 0 bridgehead atoms. The van der Waals surface area contributed by atoms with E-state index in [4.69, 9.17) is 4.74 Å². The second kappa shape index (κ2) is 8.97. The largest absolute Gasteiger partial charge is 0.462 e. The normalized spacial score (nSPS) is 13.3. The lowest BCUT2D eigenvalue weighted by molar-refractivity contribution is -0.384. The molecule has 0 saturated carbocycles. The molecule has 1 aliphatic carbocycles. The van der Waals surface area contributed by atoms with Gasteiger partial charge in [0.2, 0.25) is 0 Å². The van der Waals surface area contributed by atoms with E-state index >= 15 is 0 Å². The van der Waals surface area contributed by atoms with Crippen LogP contribution in [0.2, 0.25) is 0 Å². The van der Waals surface area contributed by atoms with Crippen LogP contribution in [-0.2, 0) is 17.6 Å². The topological polar surface area (TPSA) is 98.5 Å². The minimum atomic E-state index is -0.544. The number of carbonyl (C=O) groups is 2. The van der Waals surface area contributed by atoms with E-state index in [0.717, 1.165) is 42.5 Å². The number of aryl methyl sites for hydroxylation is 1. The summed E-state index contributed by atoms with van der Waals surface area (Å²) in [7, 11) is 0. The molecule has 1 amide bonds. The van der Waals surface area contributed by atoms with Gasteiger partial charge in [0, 0.05) is 22.6 Å². The van der Waals surface area contributed by atoms with Crippen molar-refractivity contribution < 1.29 is 19.2 Å². The van der Waals surface area contributed by atoms with Crippen molar-refractivity contribution >= 4 is 33.9 Å². The summed E-state index contributed by atoms with van der Waals surface area (Å²) in [6, 6.07) is 5.53. The zero-order valence-electron chi connectivity index (χ0n) is 15.7. The monoisotopic (exact) mass is 402 g/mol. The molecule has 0 atom stereocenters. The van der Waals surface area contributed by atoms with Crippen LogP contribution >= 0.6 is 11.3 Å². The molecule has 0 spiro atoms. The maximum absolute atomic E-state index is 12.7. The Balaban J connectivity index is 1.92. The molecule has 1 heterocycles. The predicted molar refractivity (Wildman–Crippen MR) is 107 cm³/mol. The molecule has 2 aromatic rings. The average Bonchev–Trinajstić information content (AvgIpc) is 2.86. The van der Waals surface area contributed by atoms with E-state index in [9.17, 15) is 19.7 Å². The highest BCUT2D eigenvalue weighted by molar-refractivity contribution is 7.17. The number of thiophene rings is 1. The van der Waals surface area contributed by atoms with Crippen molar-refractivity contribution in [2.24, 2.45) is 0 Å². The third-order valence-electron chi connectivity index (χ3n) is 4.61. The van der Waals surface area contributed by atoms with Crippen molar-refractivity contribution in [2.45, 2.75) is 45.4 Å². The zero-order valence-corrected chi connectivity index (χ0v) is 16.5. The number of hydrogen-bond donors (Lipinski definition) is 1. The Bertz CT molecular complexity index is 906. The number of carbonyl (C=O) groups excluding carboxylic acids is 2. The van der Waals surface area contributed by atoms with Crippen LogP contribution in [0.4, 0.5) is 10.7 Å². The van der Waals surface area contributed by atoms with Gasteiger partial charge in [0.25, 0.3) is 11.6 Å². The summed E-state index contributed by atoms with van der Waals surface area (Å²) in [6.07, 6.45) is 5.54. The van der Waals surface area contributed by atoms with Crippen LogP contribution in [0.1, 0.15) is 63.8 Å². The molecule has 1 aromatic heterocycles. The van der Waals surface area contributed by atoms with E-state index in [1.807, 2.05) is 6.92 Å². The molecule has 3 rings (SSSR count). The molecule has 0 fully saturated rings. The number of amides is 1. The summed E-state index contributed by atoms with van der Waals surface area (Å²) in [4.78, 5) is 36.9. The molecule has 1 N–H and O–H groups in total. The molecule has 0 radical (unpaired) electrons. The predicted octanol–water partition coefficient (Wildman–Crippen LogP) is 4.74. The number of rotatable bonds is 6. The number of anilines is 1. The van der Waals surface area contributed by atoms with Gasteiger partial charge in [-0.1, -0.05) is 19.4 Å². The average molecular weight is 402 g/mol. The van der Waals surface area contributed by atoms with Gasteiger partial charge in [-0.3, -0.25) is 14.9 Å². The van der Waals surface area contributed by atoms with Crippen molar-refractivity contribution in [1.29, 1.82) is 0 Å². The van der Waals surface area contributed by atoms with Crippen LogP contribution in [0.5, 0.6) is 0 Å². The summed E-state index contributed by atoms with van der Waals surface area (Å²) in [5.41, 5.74) is 1.43. The van der Waals surface area contributed by atoms with Gasteiger partial charge in [-0.2, -0.15) is 0 Å². The SMILES string of the molecule is CCCOC(=O)c1c(NC(=O)c2cccc([N+](=O)[O-])c2)sc2c1CCCCC2. The molecule has 0 saturated heterocycles. The van der Waals surface area contributed by atoms with Gasteiger partial charge in [0.1, 0.15) is 5.00 Å². The zero-order chi connectivity index (χ0) is 20.1. The highest BCUT2D eigenvalue weighted by Crippen LogP contribution is 2.38. The fourth-order valence-corrected chi connectivity index (χ4v) is 4.52. The number of ether oxygens (including phenoxy) is 1. The Labute approximate surface area is 166 Å². The summed E-state index contributed by atoms with van der Waals surface area (Å²) in [5.74, 6) is -0.903.